The third kappa shape index (κ3) is 2.70. The summed E-state index contributed by atoms with van der Waals surface area (Å²) in [6.45, 7) is 2.61. The average molecular weight is 321 g/mol. The molecule has 4 nitrogen and oxygen atoms in total. The quantitative estimate of drug-likeness (QED) is 0.850. The van der Waals surface area contributed by atoms with E-state index in [2.05, 4.69) is 4.90 Å². The van der Waals surface area contributed by atoms with Gasteiger partial charge in [0.25, 0.3) is 0 Å². The number of benzene rings is 1. The summed E-state index contributed by atoms with van der Waals surface area (Å²) >= 11 is 0. The lowest BCUT2D eigenvalue weighted by atomic mass is 10.2. The molecule has 0 N–H and O–H groups in total. The molecule has 7 heteroatoms. The Kier molecular flexibility index (Phi) is 4.69. The Labute approximate surface area is 125 Å². The number of halogens is 2. The number of hydrogen-bond acceptors (Lipinski definition) is 3. The fraction of sp³-hybridized carbons (Fsp3) is 0.538. The molecular formula is C13H18ClFN2O2S. The van der Waals surface area contributed by atoms with Crippen molar-refractivity contribution in [3.63, 3.8) is 0 Å². The van der Waals surface area contributed by atoms with Crippen LogP contribution in [-0.2, 0) is 16.7 Å². The first-order chi connectivity index (χ1) is 9.11. The van der Waals surface area contributed by atoms with Crippen molar-refractivity contribution in [2.75, 3.05) is 26.2 Å². The molecule has 2 aliphatic rings. The monoisotopic (exact) mass is 320 g/mol. The summed E-state index contributed by atoms with van der Waals surface area (Å²) in [6, 6.07) is 6.19. The van der Waals surface area contributed by atoms with Gasteiger partial charge in [-0.25, -0.2) is 12.8 Å². The van der Waals surface area contributed by atoms with E-state index in [1.165, 1.54) is 24.3 Å². The van der Waals surface area contributed by atoms with Crippen LogP contribution in [0.4, 0.5) is 4.39 Å². The van der Waals surface area contributed by atoms with E-state index in [9.17, 15) is 12.8 Å². The Morgan fingerprint density at radius 2 is 1.85 bits per heavy atom. The van der Waals surface area contributed by atoms with Gasteiger partial charge in [0, 0.05) is 25.7 Å². The molecule has 2 heterocycles. The Morgan fingerprint density at radius 3 is 2.50 bits per heavy atom. The Balaban J connectivity index is 0.00000147. The summed E-state index contributed by atoms with van der Waals surface area (Å²) < 4.78 is 39.3. The zero-order chi connectivity index (χ0) is 13.5. The number of alkyl halides is 1. The number of rotatable bonds is 3. The second-order valence-corrected chi connectivity index (χ2v) is 7.03. The van der Waals surface area contributed by atoms with Crippen LogP contribution >= 0.6 is 12.4 Å². The van der Waals surface area contributed by atoms with Crippen LogP contribution in [0.2, 0.25) is 0 Å². The molecule has 0 aromatic heterocycles. The molecule has 0 spiro atoms. The molecule has 1 aromatic rings. The molecule has 0 saturated carbocycles. The van der Waals surface area contributed by atoms with E-state index < -0.39 is 16.7 Å². The van der Waals surface area contributed by atoms with Crippen molar-refractivity contribution in [3.05, 3.63) is 29.8 Å². The zero-order valence-corrected chi connectivity index (χ0v) is 12.7. The third-order valence-electron chi connectivity index (χ3n) is 3.98. The first-order valence-corrected chi connectivity index (χ1v) is 7.94. The zero-order valence-electron chi connectivity index (χ0n) is 11.0. The molecule has 0 radical (unpaired) electrons. The van der Waals surface area contributed by atoms with Gasteiger partial charge in [-0.05, 0) is 30.7 Å². The predicted octanol–water partition coefficient (Wildman–Crippen LogP) is 1.66. The molecule has 1 aromatic carbocycles. The molecule has 112 valence electrons. The van der Waals surface area contributed by atoms with Crippen molar-refractivity contribution in [3.8, 4) is 0 Å². The summed E-state index contributed by atoms with van der Waals surface area (Å²) in [5, 5.41) is 0. The van der Waals surface area contributed by atoms with Gasteiger partial charge in [-0.3, -0.25) is 0 Å². The smallest absolute Gasteiger partial charge is 0.243 e. The molecule has 2 atom stereocenters. The molecule has 20 heavy (non-hydrogen) atoms. The van der Waals surface area contributed by atoms with Crippen molar-refractivity contribution >= 4 is 22.4 Å². The van der Waals surface area contributed by atoms with Gasteiger partial charge in [0.2, 0.25) is 10.0 Å². The Morgan fingerprint density at radius 1 is 1.15 bits per heavy atom. The van der Waals surface area contributed by atoms with Crippen molar-refractivity contribution in [2.45, 2.75) is 24.0 Å². The van der Waals surface area contributed by atoms with Crippen LogP contribution in [0.3, 0.4) is 0 Å². The topological polar surface area (TPSA) is 40.6 Å². The molecule has 2 saturated heterocycles. The lowest BCUT2D eigenvalue weighted by molar-refractivity contribution is 0.213. The van der Waals surface area contributed by atoms with Gasteiger partial charge in [0.1, 0.15) is 6.67 Å². The Hall–Kier alpha value is -0.690. The van der Waals surface area contributed by atoms with E-state index in [4.69, 9.17) is 0 Å². The van der Waals surface area contributed by atoms with Gasteiger partial charge in [-0.15, -0.1) is 12.4 Å². The van der Waals surface area contributed by atoms with Crippen LogP contribution in [0.15, 0.2) is 29.2 Å². The van der Waals surface area contributed by atoms with E-state index in [1.807, 2.05) is 0 Å². The summed E-state index contributed by atoms with van der Waals surface area (Å²) in [4.78, 5) is 2.56. The number of piperazine rings is 1. The fourth-order valence-electron chi connectivity index (χ4n) is 2.88. The highest BCUT2D eigenvalue weighted by Gasteiger charge is 2.39. The summed E-state index contributed by atoms with van der Waals surface area (Å²) in [5.74, 6) is 0. The van der Waals surface area contributed by atoms with Crippen molar-refractivity contribution in [1.82, 2.24) is 9.21 Å². The van der Waals surface area contributed by atoms with Crippen LogP contribution in [-0.4, -0.2) is 49.8 Å². The average Bonchev–Trinajstić information content (AvgIpc) is 2.79. The number of nitrogens with zero attached hydrogens (tertiary/aromatic N) is 2. The van der Waals surface area contributed by atoms with Crippen LogP contribution in [0, 0.1) is 0 Å². The fourth-order valence-corrected chi connectivity index (χ4v) is 4.51. The highest BCUT2D eigenvalue weighted by atomic mass is 35.5. The lowest BCUT2D eigenvalue weighted by Crippen LogP contribution is -2.49. The molecule has 2 fully saturated rings. The highest BCUT2D eigenvalue weighted by molar-refractivity contribution is 7.89. The molecule has 2 bridgehead atoms. The standard InChI is InChI=1S/C13H17FN2O2S.ClH/c14-9-11-1-3-13(4-2-11)19(17,18)16-8-7-15-6-5-12(16)10-15;/h1-4,12H,5-10H2;1H. The largest absolute Gasteiger partial charge is 0.300 e. The summed E-state index contributed by atoms with van der Waals surface area (Å²) in [5.41, 5.74) is 0.504. The molecule has 0 aliphatic carbocycles. The lowest BCUT2D eigenvalue weighted by Gasteiger charge is -2.33. The second-order valence-electron chi connectivity index (χ2n) is 5.14. The van der Waals surface area contributed by atoms with Crippen molar-refractivity contribution in [1.29, 1.82) is 0 Å². The van der Waals surface area contributed by atoms with Gasteiger partial charge in [0.15, 0.2) is 0 Å². The SMILES string of the molecule is Cl.O=S(=O)(c1ccc(CF)cc1)N1CCN2CCC1C2. The van der Waals surface area contributed by atoms with Gasteiger partial charge < -0.3 is 4.90 Å². The van der Waals surface area contributed by atoms with E-state index in [0.29, 0.717) is 12.1 Å². The highest BCUT2D eigenvalue weighted by Crippen LogP contribution is 2.27. The molecule has 3 rings (SSSR count). The number of hydrogen-bond donors (Lipinski definition) is 0. The van der Waals surface area contributed by atoms with Crippen LogP contribution in [0.25, 0.3) is 0 Å². The normalized spacial score (nSPS) is 26.2. The van der Waals surface area contributed by atoms with Crippen LogP contribution < -0.4 is 0 Å². The predicted molar refractivity (Wildman–Crippen MR) is 77.2 cm³/mol. The number of sulfonamides is 1. The maximum atomic E-state index is 12.6. The molecular weight excluding hydrogens is 303 g/mol. The van der Waals surface area contributed by atoms with Gasteiger partial charge in [-0.2, -0.15) is 4.31 Å². The molecule has 2 aliphatic heterocycles. The maximum absolute atomic E-state index is 12.6. The van der Waals surface area contributed by atoms with Crippen LogP contribution in [0.1, 0.15) is 12.0 Å². The van der Waals surface area contributed by atoms with E-state index in [1.54, 1.807) is 4.31 Å². The van der Waals surface area contributed by atoms with Crippen molar-refractivity contribution < 1.29 is 12.8 Å². The minimum absolute atomic E-state index is 0. The van der Waals surface area contributed by atoms with E-state index >= 15 is 0 Å². The van der Waals surface area contributed by atoms with Gasteiger partial charge in [0.05, 0.1) is 4.90 Å². The second kappa shape index (κ2) is 5.97. The summed E-state index contributed by atoms with van der Waals surface area (Å²) in [6.07, 6.45) is 0.905. The van der Waals surface area contributed by atoms with Crippen LogP contribution in [0.5, 0.6) is 0 Å². The maximum Gasteiger partial charge on any atom is 0.243 e. The third-order valence-corrected chi connectivity index (χ3v) is 5.94. The number of fused-ring (bicyclic) bond motifs is 2. The first-order valence-electron chi connectivity index (χ1n) is 6.50. The first kappa shape index (κ1) is 15.7. The molecule has 2 unspecified atom stereocenters. The summed E-state index contributed by atoms with van der Waals surface area (Å²) in [7, 11) is -3.44. The molecule has 0 amide bonds. The van der Waals surface area contributed by atoms with Crippen molar-refractivity contribution in [2.24, 2.45) is 0 Å². The Bertz CT molecular complexity index is 564. The van der Waals surface area contributed by atoms with Gasteiger partial charge >= 0.3 is 0 Å². The minimum atomic E-state index is -3.44. The van der Waals surface area contributed by atoms with Gasteiger partial charge in [-0.1, -0.05) is 12.1 Å². The minimum Gasteiger partial charge on any atom is -0.300 e. The van der Waals surface area contributed by atoms with E-state index in [-0.39, 0.29) is 23.3 Å². The van der Waals surface area contributed by atoms with E-state index in [0.717, 1.165) is 26.1 Å².